The van der Waals surface area contributed by atoms with E-state index in [2.05, 4.69) is 115 Å². The Kier molecular flexibility index (Phi) is 47.6. The number of aromatic nitrogens is 2. The molecular formula is C92H135N21O24S2. The van der Waals surface area contributed by atoms with Gasteiger partial charge in [-0.05, 0) is 129 Å². The highest BCUT2D eigenvalue weighted by atomic mass is 32.1. The van der Waals surface area contributed by atoms with Gasteiger partial charge in [-0.2, -0.15) is 25.3 Å². The van der Waals surface area contributed by atoms with Crippen LogP contribution in [0.1, 0.15) is 170 Å². The first kappa shape index (κ1) is 116. The van der Waals surface area contributed by atoms with Gasteiger partial charge in [0.25, 0.3) is 0 Å². The standard InChI is InChI=1S/C92H135N21O24S2/c1-12-48(10)76(91(135)108-67(92(136)137)34-45(4)5)113-86(130)66(39-71(96)116)107-88(132)68(42-138)109-82(126)63(35-50-24-26-53(114)27-25-50)105-83(127)64(36-51-40-97-57-21-15-13-19-54(51)57)106-80(124)60(28-30-70(95)115)100-77(121)49(11)99-79(123)59(23-17-18-32-93)102-89(133)74(46(6)7)111-84(128)62(33-44(2)3)104-81(125)61(29-31-72(117)118)101-87(131)69(43-139)110-90(134)75(47(8)9)112-85(129)65(103-78(122)56(94)38-73(119)120)37-52-41-98-58-22-16-14-20-55(52)58/h13-16,19-22,24-27,40-41,44-49,56,59-69,74-76,97-98,114,138-139H,12,17-18,23,28-39,42-43,93-94H2,1-11H3,(H2,95,115)(H2,96,116)(H,99,123)(H,100,121)(H,101,131)(H,102,133)(H,103,122)(H,104,125)(H,105,127)(H,106,124)(H,107,132)(H,108,135)(H,109,126)(H,110,134)(H,111,128)(H,112,129)(H,113,130)(H,117,118)(H,119,120)(H,136,137)/t48-,49-,56-,59-,60-,61-,62-,63-,64-,65-,66-,67-,68-,69-,74-,75-,76-/m0/s1. The summed E-state index contributed by atoms with van der Waals surface area (Å²) in [7, 11) is 0. The molecule has 17 atom stereocenters. The molecule has 0 saturated carbocycles. The molecule has 45 nitrogen and oxygen atoms in total. The molecule has 0 bridgehead atoms. The summed E-state index contributed by atoms with van der Waals surface area (Å²) >= 11 is 8.59. The van der Waals surface area contributed by atoms with Crippen molar-refractivity contribution in [1.29, 1.82) is 0 Å². The van der Waals surface area contributed by atoms with E-state index in [1.165, 1.54) is 31.2 Å². The number of nitrogens with two attached hydrogens (primary N) is 4. The van der Waals surface area contributed by atoms with Crippen molar-refractivity contribution < 1.29 is 116 Å². The van der Waals surface area contributed by atoms with E-state index in [1.807, 2.05) is 0 Å². The van der Waals surface area contributed by atoms with Crippen LogP contribution >= 0.6 is 25.3 Å². The summed E-state index contributed by atoms with van der Waals surface area (Å²) in [4.78, 5) is 283. The monoisotopic (exact) mass is 1980 g/mol. The Balaban J connectivity index is 1.37. The normalized spacial score (nSPS) is 15.0. The molecule has 0 spiro atoms. The smallest absolute Gasteiger partial charge is 0.326 e. The van der Waals surface area contributed by atoms with Gasteiger partial charge in [0, 0.05) is 77.8 Å². The van der Waals surface area contributed by atoms with Crippen LogP contribution in [0.4, 0.5) is 0 Å². The van der Waals surface area contributed by atoms with Crippen molar-refractivity contribution in [2.45, 2.75) is 269 Å². The highest BCUT2D eigenvalue weighted by Gasteiger charge is 2.41. The number of hydrogen-bond acceptors (Lipinski definition) is 25. The van der Waals surface area contributed by atoms with Crippen LogP contribution in [0.5, 0.6) is 5.75 Å². The number of hydrogen-bond donors (Lipinski definition) is 27. The van der Waals surface area contributed by atoms with E-state index < -0.39 is 283 Å². The van der Waals surface area contributed by atoms with Gasteiger partial charge in [-0.1, -0.05) is 124 Å². The molecule has 17 amide bonds. The molecule has 764 valence electrons. The fourth-order valence-corrected chi connectivity index (χ4v) is 15.3. The number of aliphatic carboxylic acids is 3. The molecule has 29 N–H and O–H groups in total. The van der Waals surface area contributed by atoms with Crippen molar-refractivity contribution in [3.63, 3.8) is 0 Å². The number of benzene rings is 3. The molecule has 5 aromatic rings. The predicted octanol–water partition coefficient (Wildman–Crippen LogP) is -1.99. The summed E-state index contributed by atoms with van der Waals surface area (Å²) in [5.41, 5.74) is 25.5. The lowest BCUT2D eigenvalue weighted by molar-refractivity contribution is -0.143. The molecule has 0 aliphatic rings. The van der Waals surface area contributed by atoms with Gasteiger partial charge in [-0.3, -0.25) is 91.1 Å². The molecule has 0 aliphatic heterocycles. The number of primary amides is 2. The quantitative estimate of drug-likeness (QED) is 0.0148. The average Bonchev–Trinajstić information content (AvgIpc) is 1.70. The van der Waals surface area contributed by atoms with Gasteiger partial charge in [-0.25, -0.2) is 4.79 Å². The fourth-order valence-electron chi connectivity index (χ4n) is 14.8. The predicted molar refractivity (Wildman–Crippen MR) is 516 cm³/mol. The van der Waals surface area contributed by atoms with Crippen LogP contribution in [0, 0.1) is 29.6 Å². The highest BCUT2D eigenvalue weighted by Crippen LogP contribution is 2.24. The lowest BCUT2D eigenvalue weighted by atomic mass is 9.96. The highest BCUT2D eigenvalue weighted by molar-refractivity contribution is 7.80. The minimum Gasteiger partial charge on any atom is -0.508 e. The number of amides is 17. The summed E-state index contributed by atoms with van der Waals surface area (Å²) in [5.74, 6) is -25.3. The summed E-state index contributed by atoms with van der Waals surface area (Å²) < 4.78 is 0. The van der Waals surface area contributed by atoms with E-state index in [0.29, 0.717) is 44.9 Å². The molecule has 0 unspecified atom stereocenters. The number of phenolic OH excluding ortho intramolecular Hbond substituents is 1. The van der Waals surface area contributed by atoms with Crippen molar-refractivity contribution in [2.75, 3.05) is 18.1 Å². The van der Waals surface area contributed by atoms with Crippen LogP contribution in [0.15, 0.2) is 85.2 Å². The largest absolute Gasteiger partial charge is 0.508 e. The lowest BCUT2D eigenvalue weighted by Gasteiger charge is -2.29. The van der Waals surface area contributed by atoms with Crippen molar-refractivity contribution in [1.82, 2.24) is 89.7 Å². The third-order valence-electron chi connectivity index (χ3n) is 22.7. The van der Waals surface area contributed by atoms with Crippen molar-refractivity contribution >= 4 is 165 Å². The molecule has 2 heterocycles. The first-order chi connectivity index (χ1) is 65.5. The second-order valence-corrected chi connectivity index (χ2v) is 36.5. The molecule has 0 aliphatic carbocycles. The van der Waals surface area contributed by atoms with Crippen molar-refractivity contribution in [2.24, 2.45) is 52.5 Å². The Labute approximate surface area is 814 Å². The van der Waals surface area contributed by atoms with E-state index in [9.17, 15) is 112 Å². The van der Waals surface area contributed by atoms with Crippen molar-refractivity contribution in [3.8, 4) is 5.75 Å². The van der Waals surface area contributed by atoms with E-state index in [-0.39, 0.29) is 75.5 Å². The van der Waals surface area contributed by atoms with Crippen LogP contribution in [-0.2, 0) is 115 Å². The summed E-state index contributed by atoms with van der Waals surface area (Å²) in [6.45, 7) is 17.7. The first-order valence-electron chi connectivity index (χ1n) is 45.8. The SMILES string of the molecule is CC[C@H](C)[C@H](NC(=O)[C@H](CC(N)=O)NC(=O)[C@H](CS)NC(=O)[C@H](Cc1ccc(O)cc1)NC(=O)[C@H](Cc1c[nH]c2ccccc12)NC(=O)[C@H](CCC(N)=O)NC(=O)[C@H](C)NC(=O)[C@H](CCCCN)NC(=O)[C@@H](NC(=O)[C@H](CC(C)C)NC(=O)[C@H](CCC(=O)O)NC(=O)[C@H](CS)NC(=O)[C@@H](NC(=O)[C@H](Cc1c[nH]c2ccccc12)NC(=O)[C@@H](N)CC(=O)O)C(C)C)C(C)C)C(=O)N[C@@H](CC(C)C)C(=O)O. The number of carbonyl (C=O) groups excluding carboxylic acids is 17. The second-order valence-electron chi connectivity index (χ2n) is 35.8. The number of fused-ring (bicyclic) bond motifs is 2. The first-order valence-corrected chi connectivity index (χ1v) is 47.1. The zero-order chi connectivity index (χ0) is 104. The van der Waals surface area contributed by atoms with Crippen LogP contribution in [-0.4, -0.2) is 263 Å². The van der Waals surface area contributed by atoms with Crippen LogP contribution in [0.25, 0.3) is 21.8 Å². The van der Waals surface area contributed by atoms with Gasteiger partial charge in [0.1, 0.15) is 96.4 Å². The second kappa shape index (κ2) is 57.1. The molecule has 5 rings (SSSR count). The zero-order valence-electron chi connectivity index (χ0n) is 79.6. The van der Waals surface area contributed by atoms with E-state index in [1.54, 1.807) is 130 Å². The van der Waals surface area contributed by atoms with Gasteiger partial charge in [-0.15, -0.1) is 0 Å². The lowest BCUT2D eigenvalue weighted by Crippen LogP contribution is -2.62. The molecular weight excluding hydrogens is 1850 g/mol. The van der Waals surface area contributed by atoms with Gasteiger partial charge in [0.15, 0.2) is 0 Å². The number of unbranched alkanes of at least 4 members (excludes halogenated alkanes) is 1. The van der Waals surface area contributed by atoms with Crippen LogP contribution in [0.2, 0.25) is 0 Å². The number of carboxylic acid groups (broad SMARTS) is 3. The maximum Gasteiger partial charge on any atom is 0.326 e. The number of aromatic amines is 2. The Hall–Kier alpha value is -13.4. The molecule has 0 radical (unpaired) electrons. The van der Waals surface area contributed by atoms with Gasteiger partial charge >= 0.3 is 17.9 Å². The Morgan fingerprint density at radius 2 is 0.734 bits per heavy atom. The Morgan fingerprint density at radius 1 is 0.367 bits per heavy atom. The number of nitrogens with one attached hydrogen (secondary N) is 17. The van der Waals surface area contributed by atoms with Crippen molar-refractivity contribution in [3.05, 3.63) is 102 Å². The number of carboxylic acids is 3. The summed E-state index contributed by atoms with van der Waals surface area (Å²) in [6.07, 6.45) is -1.20. The number of para-hydroxylation sites is 2. The van der Waals surface area contributed by atoms with E-state index in [4.69, 9.17) is 22.9 Å². The number of carbonyl (C=O) groups is 20. The van der Waals surface area contributed by atoms with Crippen LogP contribution < -0.4 is 103 Å². The maximum absolute atomic E-state index is 15.2. The topological polar surface area (TPSA) is 738 Å². The van der Waals surface area contributed by atoms with Gasteiger partial charge in [0.05, 0.1) is 18.9 Å². The Morgan fingerprint density at radius 3 is 1.19 bits per heavy atom. The number of aromatic hydroxyl groups is 1. The minimum absolute atomic E-state index is 0.0348. The molecule has 0 saturated heterocycles. The summed E-state index contributed by atoms with van der Waals surface area (Å²) in [6, 6.07) is -5.97. The van der Waals surface area contributed by atoms with Gasteiger partial charge in [0.2, 0.25) is 100 Å². The molecule has 3 aromatic carbocycles. The fraction of sp³-hybridized carbons (Fsp3) is 0.543. The number of phenols is 1. The third kappa shape index (κ3) is 38.1. The third-order valence-corrected chi connectivity index (χ3v) is 23.5. The minimum atomic E-state index is -1.81. The van der Waals surface area contributed by atoms with E-state index >= 15 is 4.79 Å². The van der Waals surface area contributed by atoms with Gasteiger partial charge < -0.3 is 133 Å². The average molecular weight is 1980 g/mol. The number of rotatable bonds is 61. The number of thiol groups is 2. The van der Waals surface area contributed by atoms with E-state index in [0.717, 1.165) is 0 Å². The van der Waals surface area contributed by atoms with Crippen LogP contribution in [0.3, 0.4) is 0 Å². The Bertz CT molecular complexity index is 5130. The number of H-pyrrole nitrogens is 2. The molecule has 2 aromatic heterocycles. The molecule has 0 fully saturated rings. The maximum atomic E-state index is 15.2. The zero-order valence-corrected chi connectivity index (χ0v) is 81.4. The molecule has 139 heavy (non-hydrogen) atoms. The summed E-state index contributed by atoms with van der Waals surface area (Å²) in [5, 5.41) is 78.5. The molecule has 47 heteroatoms.